The van der Waals surface area contributed by atoms with Crippen LogP contribution < -0.4 is 9.64 Å². The molecule has 36 heavy (non-hydrogen) atoms. The van der Waals surface area contributed by atoms with Gasteiger partial charge in [-0.1, -0.05) is 36.4 Å². The van der Waals surface area contributed by atoms with Crippen LogP contribution in [0.4, 0.5) is 18.9 Å². The lowest BCUT2D eigenvalue weighted by Crippen LogP contribution is -2.45. The zero-order valence-electron chi connectivity index (χ0n) is 20.3. The highest BCUT2D eigenvalue weighted by Gasteiger charge is 2.30. The fraction of sp³-hybridized carbons (Fsp3) is 0.276. The van der Waals surface area contributed by atoms with Crippen LogP contribution in [0, 0.1) is 0 Å². The second kappa shape index (κ2) is 9.47. The van der Waals surface area contributed by atoms with E-state index in [0.29, 0.717) is 16.8 Å². The zero-order chi connectivity index (χ0) is 25.4. The maximum Gasteiger partial charge on any atom is 0.416 e. The third-order valence-corrected chi connectivity index (χ3v) is 6.54. The molecule has 1 saturated heterocycles. The van der Waals surface area contributed by atoms with E-state index in [1.807, 2.05) is 18.2 Å². The van der Waals surface area contributed by atoms with Crippen molar-refractivity contribution in [1.82, 2.24) is 4.98 Å². The summed E-state index contributed by atoms with van der Waals surface area (Å²) in [5.41, 5.74) is 4.36. The Bertz CT molecular complexity index is 1360. The van der Waals surface area contributed by atoms with Crippen LogP contribution in [0.2, 0.25) is 0 Å². The molecule has 0 unspecified atom stereocenters. The number of hydrogen-bond acceptors (Lipinski definition) is 4. The number of hydrogen-bond donors (Lipinski definition) is 0. The van der Waals surface area contributed by atoms with E-state index < -0.39 is 11.7 Å². The van der Waals surface area contributed by atoms with Gasteiger partial charge in [-0.3, -0.25) is 4.98 Å². The van der Waals surface area contributed by atoms with Gasteiger partial charge in [0.05, 0.1) is 30.4 Å². The summed E-state index contributed by atoms with van der Waals surface area (Å²) in [5, 5.41) is 0.798. The number of rotatable bonds is 4. The molecule has 0 N–H and O–H groups in total. The van der Waals surface area contributed by atoms with E-state index in [1.165, 1.54) is 12.1 Å². The Morgan fingerprint density at radius 3 is 2.08 bits per heavy atom. The quantitative estimate of drug-likeness (QED) is 0.302. The van der Waals surface area contributed by atoms with Crippen LogP contribution in [0.25, 0.3) is 33.2 Å². The number of ether oxygens (including phenoxy) is 2. The Morgan fingerprint density at radius 1 is 0.861 bits per heavy atom. The summed E-state index contributed by atoms with van der Waals surface area (Å²) in [6.07, 6.45) is -2.25. The molecule has 3 aromatic carbocycles. The lowest BCUT2D eigenvalue weighted by Gasteiger charge is -2.36. The molecule has 0 aliphatic carbocycles. The molecule has 0 radical (unpaired) electrons. The standard InChI is InChI=1S/C29H27F3N2O2/c1-18-16-34(17-19(2)36-18)23-13-9-21(10-14-23)26-15-33-27-24(5-4-6-25(27)28(26)35-3)20-7-11-22(12-8-20)29(30,31)32/h4-15,18-19H,16-17H2,1-3H3/t18-,19+. The summed E-state index contributed by atoms with van der Waals surface area (Å²) < 4.78 is 50.7. The molecule has 2 atom stereocenters. The van der Waals surface area contributed by atoms with Crippen LogP contribution in [0.1, 0.15) is 19.4 Å². The van der Waals surface area contributed by atoms with Gasteiger partial charge in [-0.15, -0.1) is 0 Å². The van der Waals surface area contributed by atoms with Crippen LogP contribution in [0.5, 0.6) is 5.75 Å². The largest absolute Gasteiger partial charge is 0.495 e. The van der Waals surface area contributed by atoms with Crippen molar-refractivity contribution in [2.24, 2.45) is 0 Å². The summed E-state index contributed by atoms with van der Waals surface area (Å²) in [4.78, 5) is 7.04. The van der Waals surface area contributed by atoms with Crippen molar-refractivity contribution in [3.05, 3.63) is 78.5 Å². The number of aromatic nitrogens is 1. The molecule has 1 aliphatic rings. The highest BCUT2D eigenvalue weighted by Crippen LogP contribution is 2.40. The first kappa shape index (κ1) is 24.1. The van der Waals surface area contributed by atoms with Gasteiger partial charge in [-0.2, -0.15) is 13.2 Å². The number of morpholine rings is 1. The van der Waals surface area contributed by atoms with Crippen molar-refractivity contribution in [2.75, 3.05) is 25.1 Å². The van der Waals surface area contributed by atoms with Crippen LogP contribution in [-0.2, 0) is 10.9 Å². The van der Waals surface area contributed by atoms with Crippen LogP contribution >= 0.6 is 0 Å². The molecule has 4 aromatic rings. The molecule has 0 spiro atoms. The van der Waals surface area contributed by atoms with Gasteiger partial charge in [-0.25, -0.2) is 0 Å². The van der Waals surface area contributed by atoms with Crippen molar-refractivity contribution in [1.29, 1.82) is 0 Å². The number of pyridine rings is 1. The number of nitrogens with zero attached hydrogens (tertiary/aromatic N) is 2. The summed E-state index contributed by atoms with van der Waals surface area (Å²) in [6, 6.07) is 19.1. The van der Waals surface area contributed by atoms with Gasteiger partial charge in [-0.05, 0) is 55.3 Å². The summed E-state index contributed by atoms with van der Waals surface area (Å²) in [5.74, 6) is 0.676. The molecule has 7 heteroatoms. The molecular formula is C29H27F3N2O2. The number of anilines is 1. The molecule has 0 bridgehead atoms. The van der Waals surface area contributed by atoms with E-state index in [-0.39, 0.29) is 12.2 Å². The first-order chi connectivity index (χ1) is 17.2. The van der Waals surface area contributed by atoms with Gasteiger partial charge in [0.25, 0.3) is 0 Å². The third kappa shape index (κ3) is 4.63. The van der Waals surface area contributed by atoms with Crippen molar-refractivity contribution in [3.8, 4) is 28.0 Å². The number of fused-ring (bicyclic) bond motifs is 1. The Labute approximate surface area is 208 Å². The lowest BCUT2D eigenvalue weighted by molar-refractivity contribution is -0.137. The number of methoxy groups -OCH3 is 1. The molecule has 1 aromatic heterocycles. The molecule has 1 fully saturated rings. The van der Waals surface area contributed by atoms with Gasteiger partial charge < -0.3 is 14.4 Å². The smallest absolute Gasteiger partial charge is 0.416 e. The van der Waals surface area contributed by atoms with Gasteiger partial charge in [0.1, 0.15) is 5.75 Å². The zero-order valence-corrected chi connectivity index (χ0v) is 20.3. The van der Waals surface area contributed by atoms with E-state index in [9.17, 15) is 13.2 Å². The number of halogens is 3. The molecule has 4 nitrogen and oxygen atoms in total. The second-order valence-corrected chi connectivity index (χ2v) is 9.19. The molecule has 186 valence electrons. The minimum absolute atomic E-state index is 0.178. The first-order valence-corrected chi connectivity index (χ1v) is 11.9. The van der Waals surface area contributed by atoms with Crippen molar-refractivity contribution in [2.45, 2.75) is 32.2 Å². The predicted octanol–water partition coefficient (Wildman–Crippen LogP) is 7.21. The Hall–Kier alpha value is -3.58. The van der Waals surface area contributed by atoms with Gasteiger partial charge in [0.2, 0.25) is 0 Å². The summed E-state index contributed by atoms with van der Waals surface area (Å²) in [6.45, 7) is 5.86. The number of para-hydroxylation sites is 1. The minimum Gasteiger partial charge on any atom is -0.495 e. The van der Waals surface area contributed by atoms with Crippen LogP contribution in [-0.4, -0.2) is 37.4 Å². The molecule has 0 saturated carbocycles. The summed E-state index contributed by atoms with van der Waals surface area (Å²) in [7, 11) is 1.62. The lowest BCUT2D eigenvalue weighted by atomic mass is 9.97. The van der Waals surface area contributed by atoms with Gasteiger partial charge >= 0.3 is 6.18 Å². The average Bonchev–Trinajstić information content (AvgIpc) is 2.86. The highest BCUT2D eigenvalue weighted by molar-refractivity contribution is 6.00. The van der Waals surface area contributed by atoms with Crippen molar-refractivity contribution in [3.63, 3.8) is 0 Å². The van der Waals surface area contributed by atoms with Crippen molar-refractivity contribution < 1.29 is 22.6 Å². The molecule has 0 amide bonds. The highest BCUT2D eigenvalue weighted by atomic mass is 19.4. The second-order valence-electron chi connectivity index (χ2n) is 9.19. The fourth-order valence-corrected chi connectivity index (χ4v) is 4.94. The molecular weight excluding hydrogens is 465 g/mol. The maximum atomic E-state index is 13.0. The minimum atomic E-state index is -4.37. The van der Waals surface area contributed by atoms with Gasteiger partial charge in [0.15, 0.2) is 0 Å². The third-order valence-electron chi connectivity index (χ3n) is 6.54. The molecule has 1 aliphatic heterocycles. The predicted molar refractivity (Wildman–Crippen MR) is 136 cm³/mol. The van der Waals surface area contributed by atoms with Crippen LogP contribution in [0.3, 0.4) is 0 Å². The average molecular weight is 493 g/mol. The molecule has 2 heterocycles. The first-order valence-electron chi connectivity index (χ1n) is 11.9. The van der Waals surface area contributed by atoms with E-state index in [4.69, 9.17) is 14.5 Å². The molecule has 5 rings (SSSR count). The number of alkyl halides is 3. The Morgan fingerprint density at radius 2 is 1.47 bits per heavy atom. The van der Waals surface area contributed by atoms with Crippen LogP contribution in [0.15, 0.2) is 72.9 Å². The van der Waals surface area contributed by atoms with E-state index in [2.05, 4.69) is 43.0 Å². The normalized spacial score (nSPS) is 18.4. The monoisotopic (exact) mass is 492 g/mol. The topological polar surface area (TPSA) is 34.6 Å². The van der Waals surface area contributed by atoms with E-state index in [1.54, 1.807) is 13.3 Å². The maximum absolute atomic E-state index is 13.0. The SMILES string of the molecule is COc1c(-c2ccc(N3C[C@@H](C)O[C@@H](C)C3)cc2)cnc2c(-c3ccc(C(F)(F)F)cc3)cccc12. The summed E-state index contributed by atoms with van der Waals surface area (Å²) >= 11 is 0. The van der Waals surface area contributed by atoms with E-state index in [0.717, 1.165) is 53.0 Å². The van der Waals surface area contributed by atoms with E-state index >= 15 is 0 Å². The van der Waals surface area contributed by atoms with Crippen molar-refractivity contribution >= 4 is 16.6 Å². The Kier molecular flexibility index (Phi) is 6.35. The number of benzene rings is 3. The van der Waals surface area contributed by atoms with Gasteiger partial charge in [0, 0.05) is 41.5 Å². The fourth-order valence-electron chi connectivity index (χ4n) is 4.94. The Balaban J connectivity index is 1.51.